The van der Waals surface area contributed by atoms with Gasteiger partial charge in [-0.1, -0.05) is 115 Å². The number of fused-ring (bicyclic) bond motifs is 3. The van der Waals surface area contributed by atoms with E-state index < -0.39 is 0 Å². The van der Waals surface area contributed by atoms with Gasteiger partial charge in [0.2, 0.25) is 0 Å². The van der Waals surface area contributed by atoms with Gasteiger partial charge in [-0.15, -0.1) is 17.5 Å². The highest BCUT2D eigenvalue weighted by molar-refractivity contribution is 9.11. The van der Waals surface area contributed by atoms with Crippen LogP contribution in [-0.4, -0.2) is 10.8 Å². The van der Waals surface area contributed by atoms with Gasteiger partial charge in [-0.25, -0.2) is 0 Å². The van der Waals surface area contributed by atoms with Crippen LogP contribution in [0.5, 0.6) is 0 Å². The molecule has 47 heavy (non-hydrogen) atoms. The van der Waals surface area contributed by atoms with Gasteiger partial charge in [-0.3, -0.25) is 0 Å². The summed E-state index contributed by atoms with van der Waals surface area (Å²) >= 11 is 5.46. The second kappa shape index (κ2) is 12.6. The minimum Gasteiger partial charge on any atom is -0.309 e. The minimum absolute atomic E-state index is 0.930. The number of rotatable bonds is 6. The van der Waals surface area contributed by atoms with Crippen molar-refractivity contribution >= 4 is 50.7 Å². The molecule has 0 aliphatic heterocycles. The van der Waals surface area contributed by atoms with Crippen molar-refractivity contribution < 1.29 is 0 Å². The Balaban J connectivity index is 1.26. The van der Waals surface area contributed by atoms with Crippen molar-refractivity contribution in [1.29, 1.82) is 0 Å². The lowest BCUT2D eigenvalue weighted by molar-refractivity contribution is 1.11. The van der Waals surface area contributed by atoms with Gasteiger partial charge in [0.25, 0.3) is 0 Å². The summed E-state index contributed by atoms with van der Waals surface area (Å²) in [7, 11) is 0. The van der Waals surface area contributed by atoms with E-state index in [1.165, 1.54) is 60.3 Å². The van der Waals surface area contributed by atoms with Crippen molar-refractivity contribution in [2.45, 2.75) is 4.90 Å². The number of hydrogen-bond donors (Lipinski definition) is 0. The van der Waals surface area contributed by atoms with Crippen LogP contribution in [0.2, 0.25) is 0 Å². The van der Waals surface area contributed by atoms with E-state index in [1.807, 2.05) is 0 Å². The van der Waals surface area contributed by atoms with Gasteiger partial charge in [-0.05, 0) is 115 Å². The lowest BCUT2D eigenvalue weighted by Crippen LogP contribution is -1.97. The molecule has 3 heteroatoms. The lowest BCUT2D eigenvalue weighted by atomic mass is 9.95. The van der Waals surface area contributed by atoms with E-state index in [1.54, 1.807) is 11.8 Å². The van der Waals surface area contributed by atoms with Gasteiger partial charge in [0.15, 0.2) is 0 Å². The van der Waals surface area contributed by atoms with E-state index in [2.05, 4.69) is 196 Å². The van der Waals surface area contributed by atoms with Gasteiger partial charge >= 0.3 is 0 Å². The molecule has 0 spiro atoms. The number of hydrogen-bond acceptors (Lipinski definition) is 1. The Labute approximate surface area is 288 Å². The molecule has 6 aromatic carbocycles. The fourth-order valence-electron chi connectivity index (χ4n) is 6.58. The predicted octanol–water partition coefficient (Wildman–Crippen LogP) is 12.9. The molecule has 0 atom stereocenters. The summed E-state index contributed by atoms with van der Waals surface area (Å²) < 4.78 is 3.30. The first-order chi connectivity index (χ1) is 23.2. The molecular formula is C44H30BrNS. The third kappa shape index (κ3) is 5.53. The summed E-state index contributed by atoms with van der Waals surface area (Å²) in [6.07, 6.45) is 8.56. The highest BCUT2D eigenvalue weighted by atomic mass is 79.9. The summed E-state index contributed by atoms with van der Waals surface area (Å²) in [5, 5.41) is 1.20. The molecule has 1 aliphatic carbocycles. The highest BCUT2D eigenvalue weighted by Gasteiger charge is 2.19. The largest absolute Gasteiger partial charge is 0.309 e. The van der Waals surface area contributed by atoms with Crippen LogP contribution >= 0.6 is 27.7 Å². The molecule has 0 saturated heterocycles. The summed E-state index contributed by atoms with van der Waals surface area (Å²) in [6.45, 7) is 0. The van der Waals surface area contributed by atoms with E-state index >= 15 is 0 Å². The van der Waals surface area contributed by atoms with Gasteiger partial charge in [0.05, 0.1) is 15.7 Å². The Bertz CT molecular complexity index is 2360. The first-order valence-corrected chi connectivity index (χ1v) is 17.7. The van der Waals surface area contributed by atoms with Gasteiger partial charge in [0, 0.05) is 21.5 Å². The zero-order valence-corrected chi connectivity index (χ0v) is 28.2. The molecule has 0 saturated carbocycles. The number of aromatic nitrogens is 1. The van der Waals surface area contributed by atoms with E-state index in [4.69, 9.17) is 0 Å². The maximum atomic E-state index is 3.66. The lowest BCUT2D eigenvalue weighted by Gasteiger charge is -2.15. The van der Waals surface area contributed by atoms with Crippen molar-refractivity contribution in [3.63, 3.8) is 0 Å². The molecule has 0 unspecified atom stereocenters. The summed E-state index contributed by atoms with van der Waals surface area (Å²) in [4.78, 5) is 1.28. The molecule has 7 aromatic rings. The molecule has 0 amide bonds. The summed E-state index contributed by atoms with van der Waals surface area (Å²) in [5.41, 5.74) is 17.8. The van der Waals surface area contributed by atoms with Gasteiger partial charge in [0.1, 0.15) is 0 Å². The third-order valence-electron chi connectivity index (χ3n) is 8.83. The first kappa shape index (κ1) is 29.4. The van der Waals surface area contributed by atoms with Crippen LogP contribution in [0.25, 0.3) is 73.2 Å². The molecule has 224 valence electrons. The molecule has 0 radical (unpaired) electrons. The Hall–Kier alpha value is -5.05. The molecule has 8 rings (SSSR count). The molecule has 0 N–H and O–H groups in total. The minimum atomic E-state index is 0.930. The maximum Gasteiger partial charge on any atom is 0.0594 e. The van der Waals surface area contributed by atoms with E-state index in [-0.39, 0.29) is 0 Å². The van der Waals surface area contributed by atoms with E-state index in [0.717, 1.165) is 21.4 Å². The average molecular weight is 685 g/mol. The second-order valence-electron chi connectivity index (χ2n) is 11.6. The predicted molar refractivity (Wildman–Crippen MR) is 206 cm³/mol. The van der Waals surface area contributed by atoms with Crippen LogP contribution in [0.3, 0.4) is 0 Å². The van der Waals surface area contributed by atoms with Crippen LogP contribution in [-0.2, 0) is 0 Å². The molecule has 1 aromatic heterocycles. The summed E-state index contributed by atoms with van der Waals surface area (Å²) in [5.74, 6) is 0. The average Bonchev–Trinajstić information content (AvgIpc) is 3.32. The SMILES string of the molecule is CSc1c(-c2cccc(-c3ccccc3)c2)cccc1-c1ccc2c(c1)c1c(n2-c2ccc(-c3ccccc3)cc2)C=CC(Br)=C=C1. The highest BCUT2D eigenvalue weighted by Crippen LogP contribution is 2.42. The number of halogens is 1. The molecular weight excluding hydrogens is 654 g/mol. The fraction of sp³-hybridized carbons (Fsp3) is 0.0227. The number of allylic oxidation sites excluding steroid dienone is 2. The van der Waals surface area contributed by atoms with Gasteiger partial charge < -0.3 is 4.57 Å². The number of benzene rings is 6. The molecule has 1 aliphatic rings. The van der Waals surface area contributed by atoms with E-state index in [9.17, 15) is 0 Å². The quantitative estimate of drug-likeness (QED) is 0.125. The standard InChI is InChI=1S/C44H30BrNS/c1-47-44-38(34-15-8-14-33(28-34)31-12-6-3-7-13-31)16-9-17-39(44)35-20-26-43-41(29-35)40-25-21-36(45)22-27-42(40)46(43)37-23-18-32(19-24-37)30-10-4-2-5-11-30/h2-20,22-29H,1H3. The first-order valence-electron chi connectivity index (χ1n) is 15.7. The van der Waals surface area contributed by atoms with Crippen molar-refractivity contribution in [3.05, 3.63) is 173 Å². The molecule has 0 fully saturated rings. The zero-order chi connectivity index (χ0) is 31.7. The molecule has 1 nitrogen and oxygen atoms in total. The van der Waals surface area contributed by atoms with Crippen LogP contribution in [0.1, 0.15) is 11.3 Å². The van der Waals surface area contributed by atoms with Crippen molar-refractivity contribution in [2.24, 2.45) is 0 Å². The normalized spacial score (nSPS) is 12.2. The summed E-state index contributed by atoms with van der Waals surface area (Å²) in [6, 6.07) is 52.5. The molecule has 0 bridgehead atoms. The number of thioether (sulfide) groups is 1. The Morgan fingerprint density at radius 2 is 1.13 bits per heavy atom. The number of nitrogens with zero attached hydrogens (tertiary/aromatic N) is 1. The van der Waals surface area contributed by atoms with E-state index in [0.29, 0.717) is 0 Å². The third-order valence-corrected chi connectivity index (χ3v) is 10.2. The monoisotopic (exact) mass is 683 g/mol. The van der Waals surface area contributed by atoms with Crippen molar-refractivity contribution in [3.8, 4) is 50.2 Å². The van der Waals surface area contributed by atoms with Crippen LogP contribution in [0, 0.1) is 0 Å². The van der Waals surface area contributed by atoms with Crippen LogP contribution in [0.15, 0.2) is 167 Å². The topological polar surface area (TPSA) is 4.93 Å². The molecule has 1 heterocycles. The maximum absolute atomic E-state index is 3.66. The van der Waals surface area contributed by atoms with Crippen molar-refractivity contribution in [2.75, 3.05) is 6.26 Å². The Morgan fingerprint density at radius 3 is 1.83 bits per heavy atom. The fourth-order valence-corrected chi connectivity index (χ4v) is 7.64. The smallest absolute Gasteiger partial charge is 0.0594 e. The Morgan fingerprint density at radius 1 is 0.553 bits per heavy atom. The van der Waals surface area contributed by atoms with Crippen LogP contribution in [0.4, 0.5) is 0 Å². The second-order valence-corrected chi connectivity index (χ2v) is 13.3. The van der Waals surface area contributed by atoms with Gasteiger partial charge in [-0.2, -0.15) is 0 Å². The Kier molecular flexibility index (Phi) is 7.89. The van der Waals surface area contributed by atoms with Crippen molar-refractivity contribution in [1.82, 2.24) is 4.57 Å². The van der Waals surface area contributed by atoms with Crippen LogP contribution < -0.4 is 0 Å². The zero-order valence-electron chi connectivity index (χ0n) is 25.8.